The molecule has 0 unspecified atom stereocenters. The van der Waals surface area contributed by atoms with Crippen LogP contribution in [0.2, 0.25) is 0 Å². The first-order valence-corrected chi connectivity index (χ1v) is 5.10. The number of aliphatic hydroxyl groups is 1. The minimum Gasteiger partial charge on any atom is -0.385 e. The number of rotatable bonds is 2. The first kappa shape index (κ1) is 11.3. The van der Waals surface area contributed by atoms with Gasteiger partial charge in [-0.25, -0.2) is 0 Å². The summed E-state index contributed by atoms with van der Waals surface area (Å²) in [5.41, 5.74) is 3.66. The van der Waals surface area contributed by atoms with Gasteiger partial charge in [0.1, 0.15) is 6.61 Å². The molecule has 0 saturated carbocycles. The van der Waals surface area contributed by atoms with Crippen LogP contribution in [0.1, 0.15) is 44.4 Å². The Bertz CT molecular complexity index is 308. The van der Waals surface area contributed by atoms with E-state index in [1.165, 1.54) is 17.7 Å². The molecule has 0 aliphatic rings. The van der Waals surface area contributed by atoms with Crippen LogP contribution in [0, 0.1) is 6.61 Å². The normalized spacial score (nSPS) is 11.8. The van der Waals surface area contributed by atoms with Crippen LogP contribution >= 0.6 is 0 Å². The third kappa shape index (κ3) is 2.16. The molecule has 0 bridgehead atoms. The molecule has 0 fully saturated rings. The summed E-state index contributed by atoms with van der Waals surface area (Å²) in [5, 5.41) is 9.11. The van der Waals surface area contributed by atoms with E-state index in [1.54, 1.807) is 0 Å². The molecule has 0 amide bonds. The fraction of sp³-hybridized carbons (Fsp3) is 0.462. The second-order valence-electron chi connectivity index (χ2n) is 4.61. The molecule has 0 atom stereocenters. The van der Waals surface area contributed by atoms with Crippen molar-refractivity contribution in [1.29, 1.82) is 0 Å². The highest BCUT2D eigenvalue weighted by Crippen LogP contribution is 2.28. The maximum atomic E-state index is 9.11. The van der Waals surface area contributed by atoms with Crippen LogP contribution in [0.4, 0.5) is 0 Å². The number of benzene rings is 1. The van der Waals surface area contributed by atoms with Crippen LogP contribution in [0.15, 0.2) is 18.2 Å². The van der Waals surface area contributed by atoms with Crippen molar-refractivity contribution in [2.45, 2.75) is 39.5 Å². The average molecular weight is 191 g/mol. The Morgan fingerprint density at radius 2 is 1.93 bits per heavy atom. The van der Waals surface area contributed by atoms with Gasteiger partial charge < -0.3 is 5.11 Å². The molecule has 1 radical (unpaired) electrons. The molecular weight excluding hydrogens is 172 g/mol. The molecule has 1 aromatic rings. The zero-order valence-corrected chi connectivity index (χ0v) is 9.46. The Kier molecular flexibility index (Phi) is 3.33. The lowest BCUT2D eigenvalue weighted by atomic mass is 9.81. The largest absolute Gasteiger partial charge is 0.385 e. The first-order valence-electron chi connectivity index (χ1n) is 5.10. The van der Waals surface area contributed by atoms with E-state index in [4.69, 9.17) is 5.11 Å². The Morgan fingerprint density at radius 3 is 2.36 bits per heavy atom. The van der Waals surface area contributed by atoms with Crippen LogP contribution in [0.5, 0.6) is 0 Å². The Balaban J connectivity index is 3.29. The molecule has 14 heavy (non-hydrogen) atoms. The van der Waals surface area contributed by atoms with Crippen molar-refractivity contribution >= 4 is 0 Å². The van der Waals surface area contributed by atoms with Crippen molar-refractivity contribution < 1.29 is 5.11 Å². The highest BCUT2D eigenvalue weighted by molar-refractivity contribution is 5.41. The third-order valence-electron chi connectivity index (χ3n) is 2.51. The molecule has 0 saturated heterocycles. The molecule has 1 N–H and O–H groups in total. The molecule has 1 rings (SSSR count). The summed E-state index contributed by atoms with van der Waals surface area (Å²) in [6, 6.07) is 6.10. The molecule has 1 nitrogen and oxygen atoms in total. The molecule has 1 aromatic carbocycles. The van der Waals surface area contributed by atoms with E-state index < -0.39 is 0 Å². The Labute approximate surface area is 86.8 Å². The summed E-state index contributed by atoms with van der Waals surface area (Å²) < 4.78 is 0. The summed E-state index contributed by atoms with van der Waals surface area (Å²) in [6.45, 7) is 9.92. The van der Waals surface area contributed by atoms with Gasteiger partial charge in [0.2, 0.25) is 0 Å². The van der Waals surface area contributed by atoms with Crippen molar-refractivity contribution in [2.24, 2.45) is 0 Å². The van der Waals surface area contributed by atoms with Crippen LogP contribution < -0.4 is 0 Å². The SMILES string of the molecule is CCc1c([CH]O)cccc1C(C)(C)C. The van der Waals surface area contributed by atoms with Gasteiger partial charge in [0.05, 0.1) is 0 Å². The number of aliphatic hydroxyl groups excluding tert-OH is 1. The Hall–Kier alpha value is -0.820. The van der Waals surface area contributed by atoms with Gasteiger partial charge in [-0.15, -0.1) is 0 Å². The third-order valence-corrected chi connectivity index (χ3v) is 2.51. The highest BCUT2D eigenvalue weighted by atomic mass is 16.3. The van der Waals surface area contributed by atoms with Gasteiger partial charge >= 0.3 is 0 Å². The highest BCUT2D eigenvalue weighted by Gasteiger charge is 2.18. The lowest BCUT2D eigenvalue weighted by molar-refractivity contribution is 0.413. The fourth-order valence-electron chi connectivity index (χ4n) is 1.82. The molecule has 1 heteroatoms. The minimum atomic E-state index is 0.143. The van der Waals surface area contributed by atoms with Crippen LogP contribution in [-0.4, -0.2) is 5.11 Å². The monoisotopic (exact) mass is 191 g/mol. The lowest BCUT2D eigenvalue weighted by Gasteiger charge is -2.24. The number of hydrogen-bond donors (Lipinski definition) is 1. The first-order chi connectivity index (χ1) is 6.50. The van der Waals surface area contributed by atoms with E-state index in [1.807, 2.05) is 12.1 Å². The van der Waals surface area contributed by atoms with Gasteiger partial charge in [0.25, 0.3) is 0 Å². The van der Waals surface area contributed by atoms with E-state index in [-0.39, 0.29) is 5.41 Å². The second-order valence-corrected chi connectivity index (χ2v) is 4.61. The van der Waals surface area contributed by atoms with Crippen molar-refractivity contribution in [2.75, 3.05) is 0 Å². The smallest absolute Gasteiger partial charge is 0.109 e. The predicted molar refractivity (Wildman–Crippen MR) is 59.9 cm³/mol. The molecule has 0 spiro atoms. The van der Waals surface area contributed by atoms with Crippen molar-refractivity contribution in [3.05, 3.63) is 41.5 Å². The van der Waals surface area contributed by atoms with Crippen LogP contribution in [-0.2, 0) is 11.8 Å². The van der Waals surface area contributed by atoms with Gasteiger partial charge in [-0.05, 0) is 28.5 Å². The van der Waals surface area contributed by atoms with Gasteiger partial charge in [-0.1, -0.05) is 45.9 Å². The van der Waals surface area contributed by atoms with Crippen LogP contribution in [0.25, 0.3) is 0 Å². The van der Waals surface area contributed by atoms with E-state index in [0.29, 0.717) is 0 Å². The maximum Gasteiger partial charge on any atom is 0.109 e. The zero-order chi connectivity index (χ0) is 10.8. The second kappa shape index (κ2) is 4.14. The topological polar surface area (TPSA) is 20.2 Å². The van der Waals surface area contributed by atoms with E-state index in [9.17, 15) is 0 Å². The number of hydrogen-bond acceptors (Lipinski definition) is 1. The van der Waals surface area contributed by atoms with Crippen LogP contribution in [0.3, 0.4) is 0 Å². The van der Waals surface area contributed by atoms with E-state index >= 15 is 0 Å². The fourth-order valence-corrected chi connectivity index (χ4v) is 1.82. The summed E-state index contributed by atoms with van der Waals surface area (Å²) in [7, 11) is 0. The summed E-state index contributed by atoms with van der Waals surface area (Å²) in [4.78, 5) is 0. The van der Waals surface area contributed by atoms with Gasteiger partial charge in [-0.3, -0.25) is 0 Å². The maximum absolute atomic E-state index is 9.11. The molecule has 77 valence electrons. The van der Waals surface area contributed by atoms with Gasteiger partial charge in [0.15, 0.2) is 0 Å². The molecule has 0 aliphatic carbocycles. The minimum absolute atomic E-state index is 0.143. The quantitative estimate of drug-likeness (QED) is 0.759. The lowest BCUT2D eigenvalue weighted by Crippen LogP contribution is -2.15. The standard InChI is InChI=1S/C13H19O/c1-5-11-10(9-14)7-6-8-12(11)13(2,3)4/h6-9,14H,5H2,1-4H3. The molecule has 0 heterocycles. The molecule has 0 aliphatic heterocycles. The van der Waals surface area contributed by atoms with Crippen molar-refractivity contribution in [1.82, 2.24) is 0 Å². The van der Waals surface area contributed by atoms with Gasteiger partial charge in [0, 0.05) is 0 Å². The van der Waals surface area contributed by atoms with Crippen molar-refractivity contribution in [3.8, 4) is 0 Å². The van der Waals surface area contributed by atoms with Crippen molar-refractivity contribution in [3.63, 3.8) is 0 Å². The molecule has 0 aromatic heterocycles. The summed E-state index contributed by atoms with van der Waals surface area (Å²) in [5.74, 6) is 0. The summed E-state index contributed by atoms with van der Waals surface area (Å²) in [6.07, 6.45) is 0.958. The summed E-state index contributed by atoms with van der Waals surface area (Å²) >= 11 is 0. The predicted octanol–water partition coefficient (Wildman–Crippen LogP) is 3.43. The Morgan fingerprint density at radius 1 is 1.29 bits per heavy atom. The van der Waals surface area contributed by atoms with E-state index in [0.717, 1.165) is 12.0 Å². The molecular formula is C13H19O. The zero-order valence-electron chi connectivity index (χ0n) is 9.46. The van der Waals surface area contributed by atoms with E-state index in [2.05, 4.69) is 33.8 Å². The van der Waals surface area contributed by atoms with Gasteiger partial charge in [-0.2, -0.15) is 0 Å². The average Bonchev–Trinajstić information content (AvgIpc) is 2.15.